The average molecular weight is 342 g/mol. The summed E-state index contributed by atoms with van der Waals surface area (Å²) in [5.74, 6) is -1.32. The molecule has 8 heteroatoms. The van der Waals surface area contributed by atoms with Crippen LogP contribution < -0.4 is 10.0 Å². The number of carbonyl (C=O) groups is 2. The van der Waals surface area contributed by atoms with Crippen molar-refractivity contribution in [3.05, 3.63) is 29.3 Å². The van der Waals surface area contributed by atoms with Crippen LogP contribution in [0, 0.1) is 12.3 Å². The van der Waals surface area contributed by atoms with Crippen molar-refractivity contribution in [2.45, 2.75) is 27.2 Å². The number of aliphatic carboxylic acids is 1. The number of aryl methyl sites for hydroxylation is 1. The molecule has 0 spiro atoms. The van der Waals surface area contributed by atoms with E-state index in [1.165, 1.54) is 6.07 Å². The van der Waals surface area contributed by atoms with Gasteiger partial charge in [0.1, 0.15) is 0 Å². The highest BCUT2D eigenvalue weighted by molar-refractivity contribution is 7.92. The van der Waals surface area contributed by atoms with Crippen LogP contribution in [0.2, 0.25) is 0 Å². The highest BCUT2D eigenvalue weighted by Gasteiger charge is 2.26. The Kier molecular flexibility index (Phi) is 5.76. The first-order valence-electron chi connectivity index (χ1n) is 7.02. The van der Waals surface area contributed by atoms with Gasteiger partial charge in [-0.05, 0) is 44.9 Å². The van der Waals surface area contributed by atoms with Crippen LogP contribution in [0.1, 0.15) is 36.2 Å². The smallest absolute Gasteiger partial charge is 0.309 e. The molecule has 0 radical (unpaired) electrons. The summed E-state index contributed by atoms with van der Waals surface area (Å²) in [6.07, 6.45) is 1.32. The maximum atomic E-state index is 12.1. The minimum atomic E-state index is -3.43. The van der Waals surface area contributed by atoms with Crippen molar-refractivity contribution in [2.75, 3.05) is 17.5 Å². The summed E-state index contributed by atoms with van der Waals surface area (Å²) in [5, 5.41) is 11.7. The number of carbonyl (C=O) groups excluding carboxylic acids is 1. The molecule has 0 aliphatic heterocycles. The second kappa shape index (κ2) is 6.99. The van der Waals surface area contributed by atoms with E-state index in [1.807, 2.05) is 0 Å². The van der Waals surface area contributed by atoms with E-state index in [0.29, 0.717) is 16.8 Å². The molecule has 0 saturated carbocycles. The molecule has 23 heavy (non-hydrogen) atoms. The predicted molar refractivity (Wildman–Crippen MR) is 88.0 cm³/mol. The second-order valence-corrected chi connectivity index (χ2v) is 7.85. The molecule has 0 unspecified atom stereocenters. The van der Waals surface area contributed by atoms with Gasteiger partial charge in [-0.25, -0.2) is 8.42 Å². The van der Waals surface area contributed by atoms with Crippen LogP contribution in [0.15, 0.2) is 18.2 Å². The summed E-state index contributed by atoms with van der Waals surface area (Å²) < 4.78 is 25.0. The molecular formula is C15H22N2O5S. The van der Waals surface area contributed by atoms with Crippen LogP contribution >= 0.6 is 0 Å². The fraction of sp³-hybridized carbons (Fsp3) is 0.467. The zero-order valence-electron chi connectivity index (χ0n) is 13.6. The number of sulfonamides is 1. The van der Waals surface area contributed by atoms with E-state index in [1.54, 1.807) is 32.9 Å². The minimum Gasteiger partial charge on any atom is -0.481 e. The molecule has 0 heterocycles. The summed E-state index contributed by atoms with van der Waals surface area (Å²) >= 11 is 0. The number of anilines is 1. The second-order valence-electron chi connectivity index (χ2n) is 6.10. The van der Waals surface area contributed by atoms with E-state index < -0.39 is 21.4 Å². The van der Waals surface area contributed by atoms with Gasteiger partial charge < -0.3 is 10.4 Å². The topological polar surface area (TPSA) is 113 Å². The number of carboxylic acid groups (broad SMARTS) is 1. The van der Waals surface area contributed by atoms with Gasteiger partial charge in [0.05, 0.1) is 17.4 Å². The van der Waals surface area contributed by atoms with Crippen molar-refractivity contribution in [1.29, 1.82) is 0 Å². The number of benzene rings is 1. The number of nitrogens with one attached hydrogen (secondary N) is 2. The number of rotatable bonds is 7. The molecule has 1 aromatic rings. The highest BCUT2D eigenvalue weighted by Crippen LogP contribution is 2.20. The van der Waals surface area contributed by atoms with Crippen LogP contribution in [0.3, 0.4) is 0 Å². The first-order chi connectivity index (χ1) is 10.4. The van der Waals surface area contributed by atoms with Crippen LogP contribution in [0.5, 0.6) is 0 Å². The van der Waals surface area contributed by atoms with E-state index in [9.17, 15) is 18.0 Å². The molecule has 0 atom stereocenters. The standard InChI is InChI=1S/C15H22N2O5S/c1-10-5-6-11(9-12(10)17-23(4,21)22)13(18)16-8-7-15(2,3)14(19)20/h5-6,9,17H,7-8H2,1-4H3,(H,16,18)(H,19,20). The maximum absolute atomic E-state index is 12.1. The molecule has 1 aromatic carbocycles. The van der Waals surface area contributed by atoms with Gasteiger partial charge >= 0.3 is 5.97 Å². The fourth-order valence-electron chi connectivity index (χ4n) is 1.77. The van der Waals surface area contributed by atoms with Crippen molar-refractivity contribution < 1.29 is 23.1 Å². The van der Waals surface area contributed by atoms with Gasteiger partial charge in [-0.1, -0.05) is 6.07 Å². The lowest BCUT2D eigenvalue weighted by Gasteiger charge is -2.19. The Morgan fingerprint density at radius 3 is 2.39 bits per heavy atom. The lowest BCUT2D eigenvalue weighted by atomic mass is 9.90. The van der Waals surface area contributed by atoms with Gasteiger partial charge in [-0.2, -0.15) is 0 Å². The maximum Gasteiger partial charge on any atom is 0.309 e. The monoisotopic (exact) mass is 342 g/mol. The molecule has 0 fully saturated rings. The zero-order valence-corrected chi connectivity index (χ0v) is 14.5. The molecule has 0 aromatic heterocycles. The van der Waals surface area contributed by atoms with Crippen molar-refractivity contribution in [3.8, 4) is 0 Å². The number of hydrogen-bond donors (Lipinski definition) is 3. The molecule has 0 aliphatic carbocycles. The predicted octanol–water partition coefficient (Wildman–Crippen LogP) is 1.60. The lowest BCUT2D eigenvalue weighted by Crippen LogP contribution is -2.32. The SMILES string of the molecule is Cc1ccc(C(=O)NCCC(C)(C)C(=O)O)cc1NS(C)(=O)=O. The summed E-state index contributed by atoms with van der Waals surface area (Å²) in [7, 11) is -3.43. The molecule has 7 nitrogen and oxygen atoms in total. The molecular weight excluding hydrogens is 320 g/mol. The van der Waals surface area contributed by atoms with Gasteiger partial charge in [-0.3, -0.25) is 14.3 Å². The van der Waals surface area contributed by atoms with E-state index in [0.717, 1.165) is 6.26 Å². The van der Waals surface area contributed by atoms with E-state index >= 15 is 0 Å². The summed E-state index contributed by atoms with van der Waals surface area (Å²) in [5.41, 5.74) is 0.406. The Balaban J connectivity index is 2.78. The van der Waals surface area contributed by atoms with Gasteiger partial charge in [0, 0.05) is 12.1 Å². The number of amides is 1. The van der Waals surface area contributed by atoms with Gasteiger partial charge in [0.25, 0.3) is 5.91 Å². The van der Waals surface area contributed by atoms with Gasteiger partial charge in [0.15, 0.2) is 0 Å². The van der Waals surface area contributed by atoms with Gasteiger partial charge in [0.2, 0.25) is 10.0 Å². The first kappa shape index (κ1) is 19.0. The Bertz CT molecular complexity index is 711. The summed E-state index contributed by atoms with van der Waals surface area (Å²) in [6, 6.07) is 4.68. The molecule has 0 saturated heterocycles. The van der Waals surface area contributed by atoms with Gasteiger partial charge in [-0.15, -0.1) is 0 Å². The zero-order chi connectivity index (χ0) is 17.8. The van der Waals surface area contributed by atoms with Crippen molar-refractivity contribution in [2.24, 2.45) is 5.41 Å². The lowest BCUT2D eigenvalue weighted by molar-refractivity contribution is -0.147. The minimum absolute atomic E-state index is 0.209. The molecule has 128 valence electrons. The molecule has 0 bridgehead atoms. The number of carboxylic acids is 1. The van der Waals surface area contributed by atoms with Crippen LogP contribution in [0.4, 0.5) is 5.69 Å². The Morgan fingerprint density at radius 1 is 1.26 bits per heavy atom. The highest BCUT2D eigenvalue weighted by atomic mass is 32.2. The molecule has 1 amide bonds. The Labute approximate surface area is 136 Å². The largest absolute Gasteiger partial charge is 0.481 e. The van der Waals surface area contributed by atoms with Crippen molar-refractivity contribution in [1.82, 2.24) is 5.32 Å². The third-order valence-corrected chi connectivity index (χ3v) is 4.00. The molecule has 0 aliphatic rings. The fourth-order valence-corrected chi connectivity index (χ4v) is 2.39. The van der Waals surface area contributed by atoms with Crippen molar-refractivity contribution >= 4 is 27.6 Å². The quantitative estimate of drug-likeness (QED) is 0.696. The third kappa shape index (κ3) is 5.90. The third-order valence-electron chi connectivity index (χ3n) is 3.41. The van der Waals surface area contributed by atoms with Crippen LogP contribution in [0.25, 0.3) is 0 Å². The molecule has 3 N–H and O–H groups in total. The van der Waals surface area contributed by atoms with E-state index in [-0.39, 0.29) is 18.9 Å². The Morgan fingerprint density at radius 2 is 1.87 bits per heavy atom. The number of hydrogen-bond acceptors (Lipinski definition) is 4. The first-order valence-corrected chi connectivity index (χ1v) is 8.91. The van der Waals surface area contributed by atoms with Crippen LogP contribution in [-0.4, -0.2) is 38.2 Å². The van der Waals surface area contributed by atoms with Crippen LogP contribution in [-0.2, 0) is 14.8 Å². The average Bonchev–Trinajstić information content (AvgIpc) is 2.39. The van der Waals surface area contributed by atoms with E-state index in [2.05, 4.69) is 10.0 Å². The normalized spacial score (nSPS) is 11.8. The summed E-state index contributed by atoms with van der Waals surface area (Å²) in [6.45, 7) is 5.11. The molecule has 1 rings (SSSR count). The van der Waals surface area contributed by atoms with Crippen molar-refractivity contribution in [3.63, 3.8) is 0 Å². The van der Waals surface area contributed by atoms with E-state index in [4.69, 9.17) is 5.11 Å². The summed E-state index contributed by atoms with van der Waals surface area (Å²) in [4.78, 5) is 23.1. The Hall–Kier alpha value is -2.09.